The largest absolute Gasteiger partial charge is 0.444 e. The molecule has 0 atom stereocenters. The molecule has 1 rings (SSSR count). The zero-order chi connectivity index (χ0) is 17.5. The third-order valence-corrected chi connectivity index (χ3v) is 3.88. The third-order valence-electron chi connectivity index (χ3n) is 3.88. The van der Waals surface area contributed by atoms with Gasteiger partial charge < -0.3 is 20.7 Å². The van der Waals surface area contributed by atoms with Gasteiger partial charge in [0.1, 0.15) is 5.60 Å². The van der Waals surface area contributed by atoms with Gasteiger partial charge >= 0.3 is 6.09 Å². The molecule has 1 aliphatic rings. The quantitative estimate of drug-likeness (QED) is 0.268. The predicted octanol–water partition coefficient (Wildman–Crippen LogP) is 3.34. The summed E-state index contributed by atoms with van der Waals surface area (Å²) >= 11 is 0. The maximum Gasteiger partial charge on any atom is 0.410 e. The predicted molar refractivity (Wildman–Crippen MR) is 110 cm³/mol. The molecule has 0 heterocycles. The van der Waals surface area contributed by atoms with Crippen LogP contribution in [-0.2, 0) is 4.74 Å². The summed E-state index contributed by atoms with van der Waals surface area (Å²) in [6.07, 6.45) is 4.41. The number of guanidine groups is 1. The van der Waals surface area contributed by atoms with E-state index >= 15 is 0 Å². The average Bonchev–Trinajstić information content (AvgIpc) is 2.33. The molecular weight excluding hydrogens is 419 g/mol. The molecule has 0 unspecified atom stereocenters. The van der Waals surface area contributed by atoms with Crippen molar-refractivity contribution in [3.8, 4) is 0 Å². The SMILES string of the molecule is CC(C)N(CCCNC(N)=NCC1CCC1)C(=O)OC(C)(C)C.I. The lowest BCUT2D eigenvalue weighted by Gasteiger charge is -2.30. The first kappa shape index (κ1) is 23.3. The molecule has 0 aromatic carbocycles. The number of ether oxygens (including phenoxy) is 1. The number of carbonyl (C=O) groups is 1. The summed E-state index contributed by atoms with van der Waals surface area (Å²) < 4.78 is 5.44. The molecule has 0 aromatic rings. The van der Waals surface area contributed by atoms with Crippen molar-refractivity contribution in [2.24, 2.45) is 16.6 Å². The minimum Gasteiger partial charge on any atom is -0.444 e. The normalized spacial score (nSPS) is 15.5. The summed E-state index contributed by atoms with van der Waals surface area (Å²) in [6.45, 7) is 11.8. The second-order valence-corrected chi connectivity index (χ2v) is 7.57. The van der Waals surface area contributed by atoms with Gasteiger partial charge in [0.15, 0.2) is 5.96 Å². The van der Waals surface area contributed by atoms with Crippen LogP contribution in [0.15, 0.2) is 4.99 Å². The minimum absolute atomic E-state index is 0. The zero-order valence-electron chi connectivity index (χ0n) is 15.8. The van der Waals surface area contributed by atoms with Gasteiger partial charge in [-0.15, -0.1) is 24.0 Å². The molecule has 1 amide bonds. The van der Waals surface area contributed by atoms with Crippen LogP contribution >= 0.6 is 24.0 Å². The number of halogens is 1. The van der Waals surface area contributed by atoms with E-state index in [2.05, 4.69) is 10.3 Å². The van der Waals surface area contributed by atoms with Crippen LogP contribution in [0.1, 0.15) is 60.3 Å². The number of nitrogens with zero attached hydrogens (tertiary/aromatic N) is 2. The molecule has 0 spiro atoms. The second-order valence-electron chi connectivity index (χ2n) is 7.57. The molecule has 1 saturated carbocycles. The first-order chi connectivity index (χ1) is 10.7. The number of rotatable bonds is 7. The van der Waals surface area contributed by atoms with Crippen molar-refractivity contribution in [3.05, 3.63) is 0 Å². The molecule has 0 radical (unpaired) electrons. The fourth-order valence-electron chi connectivity index (χ4n) is 2.31. The Labute approximate surface area is 164 Å². The molecule has 0 saturated heterocycles. The van der Waals surface area contributed by atoms with E-state index in [1.165, 1.54) is 19.3 Å². The smallest absolute Gasteiger partial charge is 0.410 e. The van der Waals surface area contributed by atoms with E-state index < -0.39 is 5.60 Å². The van der Waals surface area contributed by atoms with E-state index in [9.17, 15) is 4.79 Å². The summed E-state index contributed by atoms with van der Waals surface area (Å²) in [5.41, 5.74) is 5.38. The van der Waals surface area contributed by atoms with Gasteiger partial charge in [-0.3, -0.25) is 4.99 Å². The fraction of sp³-hybridized carbons (Fsp3) is 0.882. The molecule has 1 aliphatic carbocycles. The maximum atomic E-state index is 12.2. The van der Waals surface area contributed by atoms with Crippen molar-refractivity contribution in [1.82, 2.24) is 10.2 Å². The monoisotopic (exact) mass is 454 g/mol. The van der Waals surface area contributed by atoms with Crippen molar-refractivity contribution in [2.45, 2.75) is 71.9 Å². The Morgan fingerprint density at radius 2 is 2.00 bits per heavy atom. The van der Waals surface area contributed by atoms with E-state index in [0.717, 1.165) is 18.9 Å². The Hall–Kier alpha value is -0.730. The molecule has 142 valence electrons. The molecule has 1 fully saturated rings. The van der Waals surface area contributed by atoms with Crippen LogP contribution in [-0.4, -0.2) is 48.2 Å². The van der Waals surface area contributed by atoms with Crippen LogP contribution in [0, 0.1) is 5.92 Å². The minimum atomic E-state index is -0.471. The number of hydrogen-bond acceptors (Lipinski definition) is 3. The topological polar surface area (TPSA) is 80.0 Å². The summed E-state index contributed by atoms with van der Waals surface area (Å²) in [5.74, 6) is 1.23. The number of nitrogens with one attached hydrogen (secondary N) is 1. The number of amides is 1. The highest BCUT2D eigenvalue weighted by molar-refractivity contribution is 14.0. The van der Waals surface area contributed by atoms with Gasteiger partial charge in [0.2, 0.25) is 0 Å². The Kier molecular flexibility index (Phi) is 10.7. The van der Waals surface area contributed by atoms with Crippen LogP contribution in [0.25, 0.3) is 0 Å². The van der Waals surface area contributed by atoms with E-state index in [0.29, 0.717) is 19.0 Å². The number of aliphatic imine (C=N–C) groups is 1. The summed E-state index contributed by atoms with van der Waals surface area (Å²) in [6, 6.07) is 0.106. The molecular formula is C17H35IN4O2. The van der Waals surface area contributed by atoms with Crippen LogP contribution < -0.4 is 11.1 Å². The van der Waals surface area contributed by atoms with Crippen LogP contribution in [0.3, 0.4) is 0 Å². The Morgan fingerprint density at radius 3 is 2.46 bits per heavy atom. The van der Waals surface area contributed by atoms with Crippen molar-refractivity contribution in [3.63, 3.8) is 0 Å². The van der Waals surface area contributed by atoms with Crippen molar-refractivity contribution >= 4 is 36.0 Å². The molecule has 0 aromatic heterocycles. The lowest BCUT2D eigenvalue weighted by molar-refractivity contribution is 0.0190. The maximum absolute atomic E-state index is 12.2. The number of nitrogens with two attached hydrogens (primary N) is 1. The van der Waals surface area contributed by atoms with Gasteiger partial charge in [0, 0.05) is 25.7 Å². The molecule has 6 nitrogen and oxygen atoms in total. The Bertz CT molecular complexity index is 404. The van der Waals surface area contributed by atoms with Gasteiger partial charge in [0.05, 0.1) is 0 Å². The summed E-state index contributed by atoms with van der Waals surface area (Å²) in [4.78, 5) is 18.3. The second kappa shape index (κ2) is 11.0. The number of carbonyl (C=O) groups excluding carboxylic acids is 1. The number of hydrogen-bond donors (Lipinski definition) is 2. The fourth-order valence-corrected chi connectivity index (χ4v) is 2.31. The molecule has 0 bridgehead atoms. The van der Waals surface area contributed by atoms with Crippen LogP contribution in [0.2, 0.25) is 0 Å². The molecule has 0 aliphatic heterocycles. The average molecular weight is 454 g/mol. The lowest BCUT2D eigenvalue weighted by Crippen LogP contribution is -2.42. The van der Waals surface area contributed by atoms with Crippen molar-refractivity contribution in [1.29, 1.82) is 0 Å². The van der Waals surface area contributed by atoms with Gasteiger partial charge in [-0.05, 0) is 59.8 Å². The first-order valence-corrected chi connectivity index (χ1v) is 8.72. The zero-order valence-corrected chi connectivity index (χ0v) is 18.1. The van der Waals surface area contributed by atoms with Gasteiger partial charge in [0.25, 0.3) is 0 Å². The Morgan fingerprint density at radius 1 is 1.38 bits per heavy atom. The molecule has 3 N–H and O–H groups in total. The van der Waals surface area contributed by atoms with Crippen molar-refractivity contribution in [2.75, 3.05) is 19.6 Å². The first-order valence-electron chi connectivity index (χ1n) is 8.72. The van der Waals surface area contributed by atoms with Crippen LogP contribution in [0.5, 0.6) is 0 Å². The van der Waals surface area contributed by atoms with Gasteiger partial charge in [-0.25, -0.2) is 4.79 Å². The highest BCUT2D eigenvalue weighted by Gasteiger charge is 2.23. The highest BCUT2D eigenvalue weighted by atomic mass is 127. The standard InChI is InChI=1S/C17H34N4O2.HI/c1-13(2)21(16(22)23-17(3,4)5)11-7-10-19-15(18)20-12-14-8-6-9-14;/h13-14H,6-12H2,1-5H3,(H3,18,19,20);1H. The van der Waals surface area contributed by atoms with Gasteiger partial charge in [-0.1, -0.05) is 6.42 Å². The lowest BCUT2D eigenvalue weighted by atomic mass is 9.86. The van der Waals surface area contributed by atoms with Gasteiger partial charge in [-0.2, -0.15) is 0 Å². The highest BCUT2D eigenvalue weighted by Crippen LogP contribution is 2.26. The van der Waals surface area contributed by atoms with E-state index in [1.54, 1.807) is 4.90 Å². The molecule has 24 heavy (non-hydrogen) atoms. The van der Waals surface area contributed by atoms with Crippen molar-refractivity contribution < 1.29 is 9.53 Å². The third kappa shape index (κ3) is 9.54. The Balaban J connectivity index is 0.00000529. The van der Waals surface area contributed by atoms with Crippen LogP contribution in [0.4, 0.5) is 4.79 Å². The van der Waals surface area contributed by atoms with E-state index in [1.807, 2.05) is 34.6 Å². The summed E-state index contributed by atoms with van der Waals surface area (Å²) in [5, 5.41) is 3.12. The van der Waals surface area contributed by atoms with E-state index in [4.69, 9.17) is 10.5 Å². The summed E-state index contributed by atoms with van der Waals surface area (Å²) in [7, 11) is 0. The van der Waals surface area contributed by atoms with E-state index in [-0.39, 0.29) is 36.1 Å². The molecule has 7 heteroatoms.